The highest BCUT2D eigenvalue weighted by Gasteiger charge is 2.11. The zero-order chi connectivity index (χ0) is 15.4. The van der Waals surface area contributed by atoms with E-state index in [0.717, 1.165) is 5.56 Å². The molecule has 2 rings (SSSR count). The van der Waals surface area contributed by atoms with Gasteiger partial charge in [-0.1, -0.05) is 12.1 Å². The predicted octanol–water partition coefficient (Wildman–Crippen LogP) is 3.43. The van der Waals surface area contributed by atoms with Gasteiger partial charge in [0.25, 0.3) is 5.91 Å². The van der Waals surface area contributed by atoms with Crippen LogP contribution in [0.4, 0.5) is 20.2 Å². The highest BCUT2D eigenvalue weighted by atomic mass is 19.3. The zero-order valence-corrected chi connectivity index (χ0v) is 11.3. The first-order valence-electron chi connectivity index (χ1n) is 6.18. The van der Waals surface area contributed by atoms with E-state index < -0.39 is 12.5 Å². The van der Waals surface area contributed by atoms with Crippen molar-refractivity contribution in [2.45, 2.75) is 13.5 Å². The molecule has 21 heavy (non-hydrogen) atoms. The topological polar surface area (TPSA) is 64.3 Å². The number of alkyl halides is 2. The van der Waals surface area contributed by atoms with Crippen LogP contribution >= 0.6 is 0 Å². The minimum atomic E-state index is -2.93. The SMILES string of the molecule is Cc1c(N)cccc1NC(=O)c1cccc(OC(F)F)c1. The number of anilines is 2. The second-order valence-electron chi connectivity index (χ2n) is 4.38. The molecule has 0 bridgehead atoms. The second-order valence-corrected chi connectivity index (χ2v) is 4.38. The Morgan fingerprint density at radius 1 is 1.24 bits per heavy atom. The number of nitrogen functional groups attached to an aromatic ring is 1. The molecule has 0 unspecified atom stereocenters. The Morgan fingerprint density at radius 3 is 2.67 bits per heavy atom. The summed E-state index contributed by atoms with van der Waals surface area (Å²) in [5.74, 6) is -0.495. The third-order valence-corrected chi connectivity index (χ3v) is 2.95. The van der Waals surface area contributed by atoms with E-state index in [9.17, 15) is 13.6 Å². The number of hydrogen-bond acceptors (Lipinski definition) is 3. The summed E-state index contributed by atoms with van der Waals surface area (Å²) in [5, 5.41) is 2.69. The number of hydrogen-bond donors (Lipinski definition) is 2. The van der Waals surface area contributed by atoms with Crippen LogP contribution in [0.25, 0.3) is 0 Å². The van der Waals surface area contributed by atoms with Crippen LogP contribution in [0.5, 0.6) is 5.75 Å². The predicted molar refractivity (Wildman–Crippen MR) is 76.6 cm³/mol. The second kappa shape index (κ2) is 6.21. The molecule has 6 heteroatoms. The average Bonchev–Trinajstić information content (AvgIpc) is 2.43. The van der Waals surface area contributed by atoms with E-state index in [4.69, 9.17) is 5.73 Å². The summed E-state index contributed by atoms with van der Waals surface area (Å²) in [6.45, 7) is -1.15. The summed E-state index contributed by atoms with van der Waals surface area (Å²) in [6.07, 6.45) is 0. The van der Waals surface area contributed by atoms with Crippen molar-refractivity contribution in [2.24, 2.45) is 0 Å². The maximum absolute atomic E-state index is 12.2. The maximum Gasteiger partial charge on any atom is 0.387 e. The van der Waals surface area contributed by atoms with Crippen LogP contribution in [-0.2, 0) is 0 Å². The molecule has 0 atom stereocenters. The standard InChI is InChI=1S/C15H14F2N2O2/c1-9-12(18)6-3-7-13(9)19-14(20)10-4-2-5-11(8-10)21-15(16)17/h2-8,15H,18H2,1H3,(H,19,20). The Labute approximate surface area is 120 Å². The molecule has 0 heterocycles. The van der Waals surface area contributed by atoms with Crippen LogP contribution in [0, 0.1) is 6.92 Å². The Morgan fingerprint density at radius 2 is 1.95 bits per heavy atom. The Bertz CT molecular complexity index is 660. The quantitative estimate of drug-likeness (QED) is 0.848. The molecule has 110 valence electrons. The van der Waals surface area contributed by atoms with Gasteiger partial charge in [-0.2, -0.15) is 8.78 Å². The summed E-state index contributed by atoms with van der Waals surface area (Å²) in [6, 6.07) is 10.7. The van der Waals surface area contributed by atoms with Gasteiger partial charge < -0.3 is 15.8 Å². The molecule has 0 aliphatic carbocycles. The average molecular weight is 292 g/mol. The van der Waals surface area contributed by atoms with Crippen molar-refractivity contribution < 1.29 is 18.3 Å². The molecule has 1 amide bonds. The van der Waals surface area contributed by atoms with E-state index in [2.05, 4.69) is 10.1 Å². The highest BCUT2D eigenvalue weighted by Crippen LogP contribution is 2.22. The maximum atomic E-state index is 12.2. The molecular weight excluding hydrogens is 278 g/mol. The monoisotopic (exact) mass is 292 g/mol. The molecule has 0 radical (unpaired) electrons. The van der Waals surface area contributed by atoms with Crippen LogP contribution in [0.2, 0.25) is 0 Å². The van der Waals surface area contributed by atoms with Gasteiger partial charge in [0.15, 0.2) is 0 Å². The number of nitrogens with one attached hydrogen (secondary N) is 1. The van der Waals surface area contributed by atoms with Crippen molar-refractivity contribution in [3.63, 3.8) is 0 Å². The molecule has 0 saturated heterocycles. The number of halogens is 2. The lowest BCUT2D eigenvalue weighted by molar-refractivity contribution is -0.0498. The van der Waals surface area contributed by atoms with Gasteiger partial charge in [0.05, 0.1) is 0 Å². The molecule has 0 saturated carbocycles. The van der Waals surface area contributed by atoms with Crippen molar-refractivity contribution in [2.75, 3.05) is 11.1 Å². The Kier molecular flexibility index (Phi) is 4.37. The zero-order valence-electron chi connectivity index (χ0n) is 11.3. The van der Waals surface area contributed by atoms with Crippen molar-refractivity contribution in [3.05, 3.63) is 53.6 Å². The molecule has 0 spiro atoms. The van der Waals surface area contributed by atoms with E-state index >= 15 is 0 Å². The number of amides is 1. The van der Waals surface area contributed by atoms with Crippen molar-refractivity contribution >= 4 is 17.3 Å². The molecule has 0 aliphatic heterocycles. The van der Waals surface area contributed by atoms with E-state index in [1.54, 1.807) is 25.1 Å². The summed E-state index contributed by atoms with van der Waals surface area (Å²) in [5.41, 5.74) is 7.85. The molecule has 0 aromatic heterocycles. The molecule has 3 N–H and O–H groups in total. The number of ether oxygens (including phenoxy) is 1. The summed E-state index contributed by atoms with van der Waals surface area (Å²) in [4.78, 5) is 12.1. The fourth-order valence-corrected chi connectivity index (χ4v) is 1.80. The minimum Gasteiger partial charge on any atom is -0.435 e. The van der Waals surface area contributed by atoms with Crippen LogP contribution in [0.15, 0.2) is 42.5 Å². The smallest absolute Gasteiger partial charge is 0.387 e. The summed E-state index contributed by atoms with van der Waals surface area (Å²) < 4.78 is 28.6. The van der Waals surface area contributed by atoms with Gasteiger partial charge >= 0.3 is 6.61 Å². The van der Waals surface area contributed by atoms with E-state index in [0.29, 0.717) is 11.4 Å². The van der Waals surface area contributed by atoms with Crippen LogP contribution < -0.4 is 15.8 Å². The molecule has 0 fully saturated rings. The number of rotatable bonds is 4. The Hall–Kier alpha value is -2.63. The van der Waals surface area contributed by atoms with Gasteiger partial charge in [-0.3, -0.25) is 4.79 Å². The number of carbonyl (C=O) groups is 1. The van der Waals surface area contributed by atoms with Crippen LogP contribution in [0.3, 0.4) is 0 Å². The van der Waals surface area contributed by atoms with Gasteiger partial charge in [-0.25, -0.2) is 0 Å². The number of nitrogens with two attached hydrogens (primary N) is 1. The fourth-order valence-electron chi connectivity index (χ4n) is 1.80. The highest BCUT2D eigenvalue weighted by molar-refractivity contribution is 6.05. The van der Waals surface area contributed by atoms with Crippen molar-refractivity contribution in [1.29, 1.82) is 0 Å². The van der Waals surface area contributed by atoms with Gasteiger partial charge in [0.2, 0.25) is 0 Å². The Balaban J connectivity index is 2.18. The van der Waals surface area contributed by atoms with Crippen LogP contribution in [0.1, 0.15) is 15.9 Å². The first kappa shape index (κ1) is 14.8. The normalized spacial score (nSPS) is 10.5. The van der Waals surface area contributed by atoms with Crippen molar-refractivity contribution in [1.82, 2.24) is 0 Å². The van der Waals surface area contributed by atoms with E-state index in [1.165, 1.54) is 24.3 Å². The lowest BCUT2D eigenvalue weighted by Crippen LogP contribution is -2.13. The number of carbonyl (C=O) groups excluding carboxylic acids is 1. The van der Waals surface area contributed by atoms with E-state index in [1.807, 2.05) is 0 Å². The molecule has 2 aromatic carbocycles. The molecular formula is C15H14F2N2O2. The molecule has 0 aliphatic rings. The van der Waals surface area contributed by atoms with Gasteiger partial charge in [-0.05, 0) is 42.8 Å². The fraction of sp³-hybridized carbons (Fsp3) is 0.133. The van der Waals surface area contributed by atoms with Gasteiger partial charge in [0, 0.05) is 16.9 Å². The first-order chi connectivity index (χ1) is 9.97. The number of benzene rings is 2. The largest absolute Gasteiger partial charge is 0.435 e. The lowest BCUT2D eigenvalue weighted by atomic mass is 10.1. The minimum absolute atomic E-state index is 0.0676. The molecule has 2 aromatic rings. The lowest BCUT2D eigenvalue weighted by Gasteiger charge is -2.11. The van der Waals surface area contributed by atoms with E-state index in [-0.39, 0.29) is 11.3 Å². The third kappa shape index (κ3) is 3.68. The third-order valence-electron chi connectivity index (χ3n) is 2.95. The summed E-state index contributed by atoms with van der Waals surface area (Å²) >= 11 is 0. The van der Waals surface area contributed by atoms with Crippen molar-refractivity contribution in [3.8, 4) is 5.75 Å². The van der Waals surface area contributed by atoms with Gasteiger partial charge in [-0.15, -0.1) is 0 Å². The van der Waals surface area contributed by atoms with Gasteiger partial charge in [0.1, 0.15) is 5.75 Å². The van der Waals surface area contributed by atoms with Crippen LogP contribution in [-0.4, -0.2) is 12.5 Å². The molecule has 4 nitrogen and oxygen atoms in total. The first-order valence-corrected chi connectivity index (χ1v) is 6.18. The summed E-state index contributed by atoms with van der Waals surface area (Å²) in [7, 11) is 0.